The molecule has 0 fully saturated rings. The molecule has 1 rings (SSSR count). The quantitative estimate of drug-likeness (QED) is 0.874. The zero-order chi connectivity index (χ0) is 12.8. The third-order valence-corrected chi connectivity index (χ3v) is 2.96. The first-order valence-electron chi connectivity index (χ1n) is 6.13. The van der Waals surface area contributed by atoms with E-state index in [0.29, 0.717) is 6.04 Å². The van der Waals surface area contributed by atoms with Crippen molar-refractivity contribution >= 4 is 21.7 Å². The van der Waals surface area contributed by atoms with Crippen LogP contribution in [0, 0.1) is 0 Å². The second-order valence-corrected chi connectivity index (χ2v) is 5.51. The Morgan fingerprint density at radius 1 is 1.47 bits per heavy atom. The van der Waals surface area contributed by atoms with E-state index in [1.54, 1.807) is 0 Å². The predicted octanol–water partition coefficient (Wildman–Crippen LogP) is 3.19. The van der Waals surface area contributed by atoms with Gasteiger partial charge in [-0.25, -0.2) is 4.98 Å². The minimum atomic E-state index is 0.485. The Labute approximate surface area is 113 Å². The number of nitrogens with one attached hydrogen (secondary N) is 1. The van der Waals surface area contributed by atoms with Crippen molar-refractivity contribution in [3.8, 4) is 0 Å². The molecule has 96 valence electrons. The number of pyridine rings is 1. The summed E-state index contributed by atoms with van der Waals surface area (Å²) in [5.41, 5.74) is 1.24. The molecule has 1 N–H and O–H groups in total. The summed E-state index contributed by atoms with van der Waals surface area (Å²) in [5.74, 6) is 1.07. The van der Waals surface area contributed by atoms with Crippen LogP contribution in [0.25, 0.3) is 0 Å². The smallest absolute Gasteiger partial charge is 0.132 e. The molecule has 0 amide bonds. The lowest BCUT2D eigenvalue weighted by Crippen LogP contribution is -2.26. The van der Waals surface area contributed by atoms with Crippen LogP contribution in [0.5, 0.6) is 0 Å². The van der Waals surface area contributed by atoms with Gasteiger partial charge in [-0.1, -0.05) is 20.8 Å². The summed E-state index contributed by atoms with van der Waals surface area (Å²) in [4.78, 5) is 6.73. The van der Waals surface area contributed by atoms with Crippen LogP contribution in [-0.2, 0) is 6.54 Å². The Balaban J connectivity index is 2.87. The number of hydrogen-bond acceptors (Lipinski definition) is 3. The van der Waals surface area contributed by atoms with Crippen LogP contribution in [-0.4, -0.2) is 24.6 Å². The van der Waals surface area contributed by atoms with Crippen molar-refractivity contribution < 1.29 is 0 Å². The van der Waals surface area contributed by atoms with Gasteiger partial charge >= 0.3 is 0 Å². The summed E-state index contributed by atoms with van der Waals surface area (Å²) in [5, 5.41) is 3.44. The van der Waals surface area contributed by atoms with E-state index in [1.807, 2.05) is 6.20 Å². The van der Waals surface area contributed by atoms with Gasteiger partial charge in [0.2, 0.25) is 0 Å². The van der Waals surface area contributed by atoms with E-state index >= 15 is 0 Å². The fraction of sp³-hybridized carbons (Fsp3) is 0.615. The zero-order valence-electron chi connectivity index (χ0n) is 11.1. The highest BCUT2D eigenvalue weighted by molar-refractivity contribution is 9.10. The largest absolute Gasteiger partial charge is 0.359 e. The number of anilines is 1. The van der Waals surface area contributed by atoms with Crippen LogP contribution in [0.4, 0.5) is 5.82 Å². The molecule has 0 saturated carbocycles. The number of halogens is 1. The molecule has 17 heavy (non-hydrogen) atoms. The van der Waals surface area contributed by atoms with E-state index in [2.05, 4.69) is 65.0 Å². The predicted molar refractivity (Wildman–Crippen MR) is 77.5 cm³/mol. The minimum absolute atomic E-state index is 0.485. The average molecular weight is 300 g/mol. The highest BCUT2D eigenvalue weighted by atomic mass is 79.9. The molecule has 1 aromatic heterocycles. The molecule has 0 aliphatic heterocycles. The number of hydrogen-bond donors (Lipinski definition) is 1. The van der Waals surface area contributed by atoms with Crippen molar-refractivity contribution in [3.63, 3.8) is 0 Å². The normalized spacial score (nSPS) is 10.9. The monoisotopic (exact) mass is 299 g/mol. The summed E-state index contributed by atoms with van der Waals surface area (Å²) in [6.45, 7) is 8.37. The van der Waals surface area contributed by atoms with Gasteiger partial charge < -0.3 is 10.2 Å². The van der Waals surface area contributed by atoms with Gasteiger partial charge in [0.15, 0.2) is 0 Å². The van der Waals surface area contributed by atoms with E-state index in [4.69, 9.17) is 0 Å². The van der Waals surface area contributed by atoms with Crippen molar-refractivity contribution in [1.82, 2.24) is 10.3 Å². The SMILES string of the molecule is CCCN(C)c1ncc(Br)cc1CNC(C)C. The Morgan fingerprint density at radius 3 is 2.76 bits per heavy atom. The minimum Gasteiger partial charge on any atom is -0.359 e. The van der Waals surface area contributed by atoms with E-state index in [-0.39, 0.29) is 0 Å². The first-order chi connectivity index (χ1) is 8.04. The highest BCUT2D eigenvalue weighted by Gasteiger charge is 2.09. The van der Waals surface area contributed by atoms with Crippen molar-refractivity contribution in [1.29, 1.82) is 0 Å². The van der Waals surface area contributed by atoms with Crippen molar-refractivity contribution in [2.75, 3.05) is 18.5 Å². The van der Waals surface area contributed by atoms with E-state index < -0.39 is 0 Å². The zero-order valence-corrected chi connectivity index (χ0v) is 12.7. The first kappa shape index (κ1) is 14.5. The lowest BCUT2D eigenvalue weighted by molar-refractivity contribution is 0.587. The molecule has 1 heterocycles. The van der Waals surface area contributed by atoms with E-state index in [9.17, 15) is 0 Å². The van der Waals surface area contributed by atoms with Gasteiger partial charge in [0.1, 0.15) is 5.82 Å². The third kappa shape index (κ3) is 4.64. The highest BCUT2D eigenvalue weighted by Crippen LogP contribution is 2.21. The van der Waals surface area contributed by atoms with Gasteiger partial charge in [-0.15, -0.1) is 0 Å². The van der Waals surface area contributed by atoms with Crippen LogP contribution in [0.15, 0.2) is 16.7 Å². The van der Waals surface area contributed by atoms with Crippen LogP contribution in [0.1, 0.15) is 32.8 Å². The first-order valence-corrected chi connectivity index (χ1v) is 6.92. The van der Waals surface area contributed by atoms with E-state index in [1.165, 1.54) is 5.56 Å². The van der Waals surface area contributed by atoms with Crippen LogP contribution in [0.3, 0.4) is 0 Å². The van der Waals surface area contributed by atoms with Gasteiger partial charge in [0.05, 0.1) is 0 Å². The molecule has 1 aromatic rings. The molecular formula is C13H22BrN3. The lowest BCUT2D eigenvalue weighted by atomic mass is 10.2. The van der Waals surface area contributed by atoms with Crippen molar-refractivity contribution in [2.24, 2.45) is 0 Å². The average Bonchev–Trinajstić information content (AvgIpc) is 2.26. The molecule has 4 heteroatoms. The fourth-order valence-electron chi connectivity index (χ4n) is 1.70. The molecule has 3 nitrogen and oxygen atoms in total. The molecule has 0 atom stereocenters. The van der Waals surface area contributed by atoms with Crippen LogP contribution in [0.2, 0.25) is 0 Å². The Bertz CT molecular complexity index is 353. The molecule has 0 saturated heterocycles. The summed E-state index contributed by atoms with van der Waals surface area (Å²) in [7, 11) is 2.10. The van der Waals surface area contributed by atoms with Gasteiger partial charge in [0, 0.05) is 42.4 Å². The van der Waals surface area contributed by atoms with Crippen molar-refractivity contribution in [2.45, 2.75) is 39.8 Å². The number of aromatic nitrogens is 1. The molecule has 0 aliphatic rings. The van der Waals surface area contributed by atoms with Crippen molar-refractivity contribution in [3.05, 3.63) is 22.3 Å². The lowest BCUT2D eigenvalue weighted by Gasteiger charge is -2.21. The summed E-state index contributed by atoms with van der Waals surface area (Å²) in [6, 6.07) is 2.63. The number of rotatable bonds is 6. The second kappa shape index (κ2) is 6.97. The molecule has 0 radical (unpaired) electrons. The van der Waals surface area contributed by atoms with Gasteiger partial charge in [-0.05, 0) is 28.4 Å². The maximum Gasteiger partial charge on any atom is 0.132 e. The van der Waals surface area contributed by atoms with Gasteiger partial charge in [-0.3, -0.25) is 0 Å². The number of nitrogens with zero attached hydrogens (tertiary/aromatic N) is 2. The second-order valence-electron chi connectivity index (χ2n) is 4.59. The molecule has 0 spiro atoms. The molecule has 0 aliphatic carbocycles. The van der Waals surface area contributed by atoms with E-state index in [0.717, 1.165) is 29.8 Å². The standard InChI is InChI=1S/C13H22BrN3/c1-5-6-17(4)13-11(8-15-10(2)3)7-12(14)9-16-13/h7,9-10,15H,5-6,8H2,1-4H3. The van der Waals surface area contributed by atoms with Gasteiger partial charge in [-0.2, -0.15) is 0 Å². The maximum atomic E-state index is 4.51. The Kier molecular flexibility index (Phi) is 5.92. The van der Waals surface area contributed by atoms with Gasteiger partial charge in [0.25, 0.3) is 0 Å². The molecular weight excluding hydrogens is 278 g/mol. The molecule has 0 aromatic carbocycles. The summed E-state index contributed by atoms with van der Waals surface area (Å²) < 4.78 is 1.03. The molecule has 0 unspecified atom stereocenters. The van der Waals surface area contributed by atoms with Crippen LogP contribution >= 0.6 is 15.9 Å². The Hall–Kier alpha value is -0.610. The third-order valence-electron chi connectivity index (χ3n) is 2.53. The topological polar surface area (TPSA) is 28.2 Å². The Morgan fingerprint density at radius 2 is 2.18 bits per heavy atom. The fourth-order valence-corrected chi connectivity index (χ4v) is 2.08. The maximum absolute atomic E-state index is 4.51. The summed E-state index contributed by atoms with van der Waals surface area (Å²) >= 11 is 3.48. The molecule has 0 bridgehead atoms. The summed E-state index contributed by atoms with van der Waals surface area (Å²) in [6.07, 6.45) is 2.99. The van der Waals surface area contributed by atoms with Crippen LogP contribution < -0.4 is 10.2 Å².